The lowest BCUT2D eigenvalue weighted by molar-refractivity contribution is -0.131. The molecule has 2 atom stereocenters. The Bertz CT molecular complexity index is 602. The molecule has 5 nitrogen and oxygen atoms in total. The van der Waals surface area contributed by atoms with E-state index in [1.165, 1.54) is 12.1 Å². The first kappa shape index (κ1) is 19.4. The minimum Gasteiger partial charge on any atom is -0.382 e. The van der Waals surface area contributed by atoms with Gasteiger partial charge in [-0.1, -0.05) is 31.1 Å². The molecule has 1 aliphatic heterocycles. The highest BCUT2D eigenvalue weighted by molar-refractivity contribution is 6.04. The highest BCUT2D eigenvalue weighted by Gasteiger charge is 2.29. The summed E-state index contributed by atoms with van der Waals surface area (Å²) < 4.78 is 13.3. The number of nitrogens with one attached hydrogen (secondary N) is 1. The molecule has 2 rings (SSSR count). The van der Waals surface area contributed by atoms with Crippen molar-refractivity contribution < 1.29 is 14.0 Å². The summed E-state index contributed by atoms with van der Waals surface area (Å²) >= 11 is 0. The molecule has 1 heterocycles. The number of benzene rings is 1. The van der Waals surface area contributed by atoms with E-state index >= 15 is 0 Å². The Kier molecular flexibility index (Phi) is 7.37. The topological polar surface area (TPSA) is 53.9 Å². The molecule has 0 radical (unpaired) electrons. The van der Waals surface area contributed by atoms with Gasteiger partial charge in [0.05, 0.1) is 5.71 Å². The van der Waals surface area contributed by atoms with Crippen molar-refractivity contribution >= 4 is 11.6 Å². The van der Waals surface area contributed by atoms with Crippen molar-refractivity contribution in [2.45, 2.75) is 52.2 Å². The second kappa shape index (κ2) is 9.51. The molecule has 1 aromatic rings. The molecular weight excluding hydrogens is 321 g/mol. The first-order valence-electron chi connectivity index (χ1n) is 9.04. The molecule has 1 aliphatic rings. The summed E-state index contributed by atoms with van der Waals surface area (Å²) in [7, 11) is 0. The average molecular weight is 349 g/mol. The summed E-state index contributed by atoms with van der Waals surface area (Å²) in [6, 6.07) is 6.26. The molecule has 0 spiro atoms. The largest absolute Gasteiger partial charge is 0.382 e. The minimum absolute atomic E-state index is 0.0879. The lowest BCUT2D eigenvalue weighted by Gasteiger charge is -2.20. The van der Waals surface area contributed by atoms with Crippen LogP contribution in [0.1, 0.15) is 45.6 Å². The van der Waals surface area contributed by atoms with Gasteiger partial charge >= 0.3 is 0 Å². The number of hydrogen-bond acceptors (Lipinski definition) is 4. The molecule has 0 fully saturated rings. The predicted molar refractivity (Wildman–Crippen MR) is 97.1 cm³/mol. The van der Waals surface area contributed by atoms with E-state index in [1.54, 1.807) is 12.1 Å². The molecule has 1 amide bonds. The van der Waals surface area contributed by atoms with E-state index < -0.39 is 6.10 Å². The molecule has 0 saturated carbocycles. The lowest BCUT2D eigenvalue weighted by Crippen LogP contribution is -2.40. The Morgan fingerprint density at radius 2 is 2.20 bits per heavy atom. The molecule has 1 N–H and O–H groups in total. The maximum absolute atomic E-state index is 13.3. The summed E-state index contributed by atoms with van der Waals surface area (Å²) in [6.07, 6.45) is 1.69. The molecule has 0 bridgehead atoms. The molecule has 6 heteroatoms. The summed E-state index contributed by atoms with van der Waals surface area (Å²) in [4.78, 5) is 19.9. The van der Waals surface area contributed by atoms with Crippen LogP contribution in [-0.2, 0) is 9.63 Å². The van der Waals surface area contributed by atoms with Gasteiger partial charge in [0, 0.05) is 18.0 Å². The third-order valence-corrected chi connectivity index (χ3v) is 4.51. The van der Waals surface area contributed by atoms with Crippen molar-refractivity contribution in [3.8, 4) is 0 Å². The fourth-order valence-electron chi connectivity index (χ4n) is 2.93. The molecular formula is C19H28FN3O2. The van der Waals surface area contributed by atoms with Gasteiger partial charge in [-0.25, -0.2) is 4.39 Å². The average Bonchev–Trinajstić information content (AvgIpc) is 3.09. The summed E-state index contributed by atoms with van der Waals surface area (Å²) in [5.41, 5.74) is 1.26. The number of halogens is 1. The SMILES string of the molecule is CCN(CC)CCC[C@@H](C)NC(=O)[C@H]1CC(c2cccc(F)c2)=NO1. The second-order valence-electron chi connectivity index (χ2n) is 6.43. The van der Waals surface area contributed by atoms with Crippen LogP contribution in [-0.4, -0.2) is 48.3 Å². The van der Waals surface area contributed by atoms with Crippen molar-refractivity contribution in [3.05, 3.63) is 35.6 Å². The number of carbonyl (C=O) groups excluding carboxylic acids is 1. The fraction of sp³-hybridized carbons (Fsp3) is 0.579. The monoisotopic (exact) mass is 349 g/mol. The van der Waals surface area contributed by atoms with Crippen LogP contribution < -0.4 is 5.32 Å². The van der Waals surface area contributed by atoms with Gasteiger partial charge in [0.2, 0.25) is 6.10 Å². The van der Waals surface area contributed by atoms with Gasteiger partial charge in [-0.2, -0.15) is 0 Å². The van der Waals surface area contributed by atoms with Crippen LogP contribution in [0.3, 0.4) is 0 Å². The maximum atomic E-state index is 13.3. The van der Waals surface area contributed by atoms with E-state index in [1.807, 2.05) is 6.92 Å². The number of hydrogen-bond donors (Lipinski definition) is 1. The van der Waals surface area contributed by atoms with Crippen LogP contribution in [0.2, 0.25) is 0 Å². The highest BCUT2D eigenvalue weighted by Crippen LogP contribution is 2.18. The minimum atomic E-state index is -0.636. The van der Waals surface area contributed by atoms with Gasteiger partial charge in [-0.3, -0.25) is 4.79 Å². The standard InChI is InChI=1S/C19H28FN3O2/c1-4-23(5-2)11-7-8-14(3)21-19(24)18-13-17(22-25-18)15-9-6-10-16(20)12-15/h6,9-10,12,14,18H,4-5,7-8,11,13H2,1-3H3,(H,21,24)/t14-,18-/m1/s1. The lowest BCUT2D eigenvalue weighted by atomic mass is 10.0. The number of oxime groups is 1. The molecule has 0 aromatic heterocycles. The zero-order chi connectivity index (χ0) is 18.2. The third-order valence-electron chi connectivity index (χ3n) is 4.51. The predicted octanol–water partition coefficient (Wildman–Crippen LogP) is 2.95. The number of nitrogens with zero attached hydrogens (tertiary/aromatic N) is 2. The van der Waals surface area contributed by atoms with Crippen molar-refractivity contribution in [3.63, 3.8) is 0 Å². The number of rotatable bonds is 9. The summed E-state index contributed by atoms with van der Waals surface area (Å²) in [5, 5.41) is 6.93. The van der Waals surface area contributed by atoms with Crippen LogP contribution in [0, 0.1) is 5.82 Å². The Balaban J connectivity index is 1.75. The first-order valence-corrected chi connectivity index (χ1v) is 9.04. The van der Waals surface area contributed by atoms with Gasteiger partial charge in [-0.05, 0) is 51.5 Å². The third kappa shape index (κ3) is 5.81. The molecule has 1 aromatic carbocycles. The van der Waals surface area contributed by atoms with Crippen LogP contribution in [0.15, 0.2) is 29.4 Å². The van der Waals surface area contributed by atoms with E-state index in [9.17, 15) is 9.18 Å². The van der Waals surface area contributed by atoms with Gasteiger partial charge in [0.25, 0.3) is 5.91 Å². The van der Waals surface area contributed by atoms with Crippen molar-refractivity contribution in [2.24, 2.45) is 5.16 Å². The van der Waals surface area contributed by atoms with Crippen molar-refractivity contribution in [1.82, 2.24) is 10.2 Å². The molecule has 25 heavy (non-hydrogen) atoms. The van der Waals surface area contributed by atoms with Gasteiger partial charge in [-0.15, -0.1) is 0 Å². The first-order chi connectivity index (χ1) is 12.0. The van der Waals surface area contributed by atoms with E-state index in [0.717, 1.165) is 32.5 Å². The second-order valence-corrected chi connectivity index (χ2v) is 6.43. The smallest absolute Gasteiger partial charge is 0.264 e. The molecule has 0 aliphatic carbocycles. The summed E-state index contributed by atoms with van der Waals surface area (Å²) in [6.45, 7) is 9.45. The highest BCUT2D eigenvalue weighted by atomic mass is 19.1. The van der Waals surface area contributed by atoms with Crippen LogP contribution in [0.4, 0.5) is 4.39 Å². The van der Waals surface area contributed by atoms with Gasteiger partial charge in [0.15, 0.2) is 0 Å². The Morgan fingerprint density at radius 3 is 2.88 bits per heavy atom. The van der Waals surface area contributed by atoms with E-state index in [0.29, 0.717) is 17.7 Å². The van der Waals surface area contributed by atoms with Gasteiger partial charge in [0.1, 0.15) is 5.82 Å². The molecule has 138 valence electrons. The zero-order valence-corrected chi connectivity index (χ0v) is 15.3. The Hall–Kier alpha value is -1.95. The van der Waals surface area contributed by atoms with E-state index in [2.05, 4.69) is 29.2 Å². The maximum Gasteiger partial charge on any atom is 0.264 e. The van der Waals surface area contributed by atoms with Crippen LogP contribution >= 0.6 is 0 Å². The normalized spacial score (nSPS) is 18.0. The quantitative estimate of drug-likeness (QED) is 0.746. The van der Waals surface area contributed by atoms with E-state index in [4.69, 9.17) is 4.84 Å². The number of amides is 1. The fourth-order valence-corrected chi connectivity index (χ4v) is 2.93. The Labute approximate surface area is 149 Å². The van der Waals surface area contributed by atoms with Crippen LogP contribution in [0.5, 0.6) is 0 Å². The summed E-state index contributed by atoms with van der Waals surface area (Å²) in [5.74, 6) is -0.486. The Morgan fingerprint density at radius 1 is 1.44 bits per heavy atom. The van der Waals surface area contributed by atoms with Crippen LogP contribution in [0.25, 0.3) is 0 Å². The molecule has 0 saturated heterocycles. The van der Waals surface area contributed by atoms with E-state index in [-0.39, 0.29) is 17.8 Å². The van der Waals surface area contributed by atoms with Gasteiger partial charge < -0.3 is 15.1 Å². The van der Waals surface area contributed by atoms with Crippen molar-refractivity contribution in [2.75, 3.05) is 19.6 Å². The molecule has 0 unspecified atom stereocenters. The number of carbonyl (C=O) groups is 1. The zero-order valence-electron chi connectivity index (χ0n) is 15.3. The van der Waals surface area contributed by atoms with Crippen molar-refractivity contribution in [1.29, 1.82) is 0 Å².